The third kappa shape index (κ3) is 9.02. The van der Waals surface area contributed by atoms with Gasteiger partial charge in [0.05, 0.1) is 24.1 Å². The van der Waals surface area contributed by atoms with Gasteiger partial charge in [-0.15, -0.1) is 0 Å². The number of hydrogen-bond acceptors (Lipinski definition) is 6. The molecule has 0 fully saturated rings. The second kappa shape index (κ2) is 12.9. The van der Waals surface area contributed by atoms with Crippen LogP contribution in [0.1, 0.15) is 103 Å². The van der Waals surface area contributed by atoms with Gasteiger partial charge >= 0.3 is 5.97 Å². The Morgan fingerprint density at radius 2 is 1.39 bits per heavy atom. The zero-order valence-corrected chi connectivity index (χ0v) is 16.8. The second-order valence-electron chi connectivity index (χ2n) is 7.48. The maximum absolute atomic E-state index is 12.1. The Bertz CT molecular complexity index is 650. The number of benzene rings is 1. The highest BCUT2D eigenvalue weighted by Crippen LogP contribution is 2.15. The van der Waals surface area contributed by atoms with Crippen molar-refractivity contribution in [2.75, 3.05) is 6.61 Å². The molecule has 0 aromatic heterocycles. The van der Waals surface area contributed by atoms with Gasteiger partial charge in [-0.2, -0.15) is 0 Å². The predicted molar refractivity (Wildman–Crippen MR) is 102 cm³/mol. The third-order valence-corrected chi connectivity index (χ3v) is 4.60. The van der Waals surface area contributed by atoms with Crippen molar-refractivity contribution in [3.05, 3.63) is 34.9 Å². The van der Waals surface area contributed by atoms with E-state index in [1.807, 2.05) is 0 Å². The Morgan fingerprint density at radius 3 is 1.93 bits per heavy atom. The highest BCUT2D eigenvalue weighted by Gasteiger charge is 2.14. The van der Waals surface area contributed by atoms with Gasteiger partial charge in [0.25, 0.3) is 0 Å². The van der Waals surface area contributed by atoms with Gasteiger partial charge in [-0.05, 0) is 30.0 Å². The van der Waals surface area contributed by atoms with Crippen molar-refractivity contribution in [2.24, 2.45) is 5.92 Å². The summed E-state index contributed by atoms with van der Waals surface area (Å²) in [5.74, 6) is -3.18. The lowest BCUT2D eigenvalue weighted by atomic mass is 10.0. The molecule has 0 aliphatic heterocycles. The minimum atomic E-state index is -1.64. The monoisotopic (exact) mass is 390 g/mol. The van der Waals surface area contributed by atoms with Crippen LogP contribution in [0.2, 0.25) is 0 Å². The van der Waals surface area contributed by atoms with Crippen molar-refractivity contribution in [3.63, 3.8) is 0 Å². The predicted octanol–water partition coefficient (Wildman–Crippen LogP) is 2.74. The molecule has 0 bridgehead atoms. The number of carboxylic acids is 2. The van der Waals surface area contributed by atoms with E-state index in [-0.39, 0.29) is 17.7 Å². The first kappa shape index (κ1) is 23.7. The minimum absolute atomic E-state index is 0.196. The Labute approximate surface area is 166 Å². The summed E-state index contributed by atoms with van der Waals surface area (Å²) in [7, 11) is 0. The van der Waals surface area contributed by atoms with Gasteiger partial charge in [-0.25, -0.2) is 4.79 Å². The number of ether oxygens (including phenoxy) is 1. The zero-order valence-electron chi connectivity index (χ0n) is 16.8. The van der Waals surface area contributed by atoms with Crippen molar-refractivity contribution in [3.8, 4) is 0 Å². The lowest BCUT2D eigenvalue weighted by Gasteiger charge is -2.12. The lowest BCUT2D eigenvalue weighted by Crippen LogP contribution is -2.28. The Hall–Kier alpha value is -2.37. The molecule has 6 nitrogen and oxygen atoms in total. The van der Waals surface area contributed by atoms with Gasteiger partial charge in [0.1, 0.15) is 0 Å². The summed E-state index contributed by atoms with van der Waals surface area (Å²) in [6.07, 6.45) is 10.2. The number of hydrogen-bond donors (Lipinski definition) is 0. The van der Waals surface area contributed by atoms with Gasteiger partial charge in [0, 0.05) is 5.56 Å². The largest absolute Gasteiger partial charge is 0.545 e. The Balaban J connectivity index is 2.25. The van der Waals surface area contributed by atoms with E-state index >= 15 is 0 Å². The van der Waals surface area contributed by atoms with Crippen molar-refractivity contribution in [2.45, 2.75) is 71.6 Å². The standard InChI is InChI=1S/C22H32O6/c1-16(2)11-9-7-5-3-4-6-8-10-14-28-22(27)18-13-12-17(20(23)24)15-19(18)21(25)26/h12-13,15-16H,3-11,14H2,1-2H3,(H,23,24)(H,25,26)/p-2. The number of esters is 1. The fraction of sp³-hybridized carbons (Fsp3) is 0.591. The van der Waals surface area contributed by atoms with Crippen LogP contribution in [-0.4, -0.2) is 24.5 Å². The molecular weight excluding hydrogens is 360 g/mol. The van der Waals surface area contributed by atoms with Crippen LogP contribution in [0.25, 0.3) is 0 Å². The third-order valence-electron chi connectivity index (χ3n) is 4.60. The van der Waals surface area contributed by atoms with Crippen LogP contribution < -0.4 is 10.2 Å². The maximum atomic E-state index is 12.1. The smallest absolute Gasteiger partial charge is 0.338 e. The molecule has 0 aliphatic rings. The van der Waals surface area contributed by atoms with E-state index in [2.05, 4.69) is 13.8 Å². The van der Waals surface area contributed by atoms with E-state index < -0.39 is 23.5 Å². The molecule has 0 saturated carbocycles. The van der Waals surface area contributed by atoms with Gasteiger partial charge in [-0.3, -0.25) is 0 Å². The average Bonchev–Trinajstić information content (AvgIpc) is 2.64. The average molecular weight is 390 g/mol. The van der Waals surface area contributed by atoms with Crippen LogP contribution in [0, 0.1) is 5.92 Å². The molecule has 156 valence electrons. The summed E-state index contributed by atoms with van der Waals surface area (Å²) in [6.45, 7) is 4.69. The van der Waals surface area contributed by atoms with Crippen LogP contribution in [0.15, 0.2) is 18.2 Å². The number of carbonyl (C=O) groups excluding carboxylic acids is 3. The van der Waals surface area contributed by atoms with Gasteiger partial charge in [-0.1, -0.05) is 71.3 Å². The second-order valence-corrected chi connectivity index (χ2v) is 7.48. The normalized spacial score (nSPS) is 10.8. The lowest BCUT2D eigenvalue weighted by molar-refractivity contribution is -0.255. The molecule has 1 rings (SSSR count). The molecule has 1 aromatic rings. The Morgan fingerprint density at radius 1 is 0.821 bits per heavy atom. The van der Waals surface area contributed by atoms with Crippen molar-refractivity contribution >= 4 is 17.9 Å². The quantitative estimate of drug-likeness (QED) is 0.357. The Kier molecular flexibility index (Phi) is 10.9. The van der Waals surface area contributed by atoms with Crippen LogP contribution in [0.3, 0.4) is 0 Å². The van der Waals surface area contributed by atoms with Crippen LogP contribution in [0.4, 0.5) is 0 Å². The van der Waals surface area contributed by atoms with Gasteiger partial charge in [0.15, 0.2) is 0 Å². The van der Waals surface area contributed by atoms with E-state index in [0.29, 0.717) is 6.42 Å². The summed E-state index contributed by atoms with van der Waals surface area (Å²) in [6, 6.07) is 3.07. The molecule has 0 spiro atoms. The van der Waals surface area contributed by atoms with E-state index in [0.717, 1.165) is 43.4 Å². The van der Waals surface area contributed by atoms with E-state index in [1.54, 1.807) is 0 Å². The highest BCUT2D eigenvalue weighted by molar-refractivity contribution is 6.03. The summed E-state index contributed by atoms with van der Waals surface area (Å²) < 4.78 is 5.11. The van der Waals surface area contributed by atoms with E-state index in [1.165, 1.54) is 32.1 Å². The molecule has 0 heterocycles. The molecule has 0 N–H and O–H groups in total. The molecule has 0 unspecified atom stereocenters. The first-order chi connectivity index (χ1) is 13.3. The number of carbonyl (C=O) groups is 3. The summed E-state index contributed by atoms with van der Waals surface area (Å²) in [4.78, 5) is 34.0. The molecular formula is C22H30O6-2. The molecule has 28 heavy (non-hydrogen) atoms. The van der Waals surface area contributed by atoms with E-state index in [9.17, 15) is 24.6 Å². The summed E-state index contributed by atoms with van der Waals surface area (Å²) in [5, 5.41) is 22.0. The number of rotatable bonds is 14. The van der Waals surface area contributed by atoms with Crippen LogP contribution >= 0.6 is 0 Å². The topological polar surface area (TPSA) is 107 Å². The summed E-state index contributed by atoms with van der Waals surface area (Å²) >= 11 is 0. The number of aromatic carboxylic acids is 2. The molecule has 0 saturated heterocycles. The van der Waals surface area contributed by atoms with Crippen LogP contribution in [-0.2, 0) is 4.74 Å². The van der Waals surface area contributed by atoms with Crippen LogP contribution in [0.5, 0.6) is 0 Å². The maximum Gasteiger partial charge on any atom is 0.338 e. The first-order valence-corrected chi connectivity index (χ1v) is 10.1. The van der Waals surface area contributed by atoms with E-state index in [4.69, 9.17) is 4.74 Å². The molecule has 0 aliphatic carbocycles. The molecule has 0 amide bonds. The molecule has 6 heteroatoms. The fourth-order valence-corrected chi connectivity index (χ4v) is 2.98. The van der Waals surface area contributed by atoms with Gasteiger partial charge in [0.2, 0.25) is 0 Å². The molecule has 0 atom stereocenters. The fourth-order valence-electron chi connectivity index (χ4n) is 2.98. The number of unbranched alkanes of at least 4 members (excludes halogenated alkanes) is 7. The SMILES string of the molecule is CC(C)CCCCCCCCCCOC(=O)c1ccc(C(=O)[O-])cc1C(=O)[O-]. The van der Waals surface area contributed by atoms with Crippen molar-refractivity contribution in [1.29, 1.82) is 0 Å². The first-order valence-electron chi connectivity index (χ1n) is 10.1. The summed E-state index contributed by atoms with van der Waals surface area (Å²) in [5.41, 5.74) is -1.06. The molecule has 1 aromatic carbocycles. The van der Waals surface area contributed by atoms with Crippen molar-refractivity contribution in [1.82, 2.24) is 0 Å². The number of carboxylic acid groups (broad SMARTS) is 2. The zero-order chi connectivity index (χ0) is 20.9. The molecule has 0 radical (unpaired) electrons. The van der Waals surface area contributed by atoms with Gasteiger partial charge < -0.3 is 24.5 Å². The minimum Gasteiger partial charge on any atom is -0.545 e. The van der Waals surface area contributed by atoms with Crippen molar-refractivity contribution < 1.29 is 29.3 Å². The highest BCUT2D eigenvalue weighted by atomic mass is 16.5.